The molecule has 3 heterocycles. The Morgan fingerprint density at radius 1 is 1.04 bits per heavy atom. The van der Waals surface area contributed by atoms with Crippen LogP contribution in [0, 0.1) is 6.92 Å². The summed E-state index contributed by atoms with van der Waals surface area (Å²) in [5, 5.41) is 8.53. The normalized spacial score (nSPS) is 19.1. The summed E-state index contributed by atoms with van der Waals surface area (Å²) in [6.07, 6.45) is 2.26. The van der Waals surface area contributed by atoms with Crippen molar-refractivity contribution in [2.45, 2.75) is 32.4 Å². The maximum atomic E-state index is 5.95. The molecule has 2 aromatic carbocycles. The number of hydrogen-bond acceptors (Lipinski definition) is 6. The van der Waals surface area contributed by atoms with Crippen LogP contribution in [0.2, 0.25) is 0 Å². The number of rotatable bonds is 4. The van der Waals surface area contributed by atoms with Gasteiger partial charge in [-0.15, -0.1) is 10.2 Å². The van der Waals surface area contributed by atoms with Crippen LogP contribution < -0.4 is 9.47 Å². The zero-order valence-electron chi connectivity index (χ0n) is 15.9. The Morgan fingerprint density at radius 3 is 2.82 bits per heavy atom. The summed E-state index contributed by atoms with van der Waals surface area (Å²) in [6, 6.07) is 14.7. The fourth-order valence-electron chi connectivity index (χ4n) is 4.05. The van der Waals surface area contributed by atoms with Gasteiger partial charge in [-0.3, -0.25) is 4.90 Å². The first-order chi connectivity index (χ1) is 13.8. The van der Waals surface area contributed by atoms with Crippen LogP contribution in [0.4, 0.5) is 0 Å². The second-order valence-corrected chi connectivity index (χ2v) is 7.40. The Morgan fingerprint density at radius 2 is 1.93 bits per heavy atom. The Balaban J connectivity index is 1.34. The zero-order valence-corrected chi connectivity index (χ0v) is 15.9. The highest BCUT2D eigenvalue weighted by Crippen LogP contribution is 2.38. The molecule has 0 amide bonds. The summed E-state index contributed by atoms with van der Waals surface area (Å²) in [5.41, 5.74) is 3.39. The summed E-state index contributed by atoms with van der Waals surface area (Å²) in [6.45, 7) is 4.94. The minimum absolute atomic E-state index is 0.324. The molecule has 28 heavy (non-hydrogen) atoms. The second kappa shape index (κ2) is 7.28. The number of ether oxygens (including phenoxy) is 2. The molecule has 1 atom stereocenters. The molecule has 0 saturated carbocycles. The number of nitrogens with zero attached hydrogens (tertiary/aromatic N) is 3. The average Bonchev–Trinajstić information content (AvgIpc) is 3.38. The zero-order chi connectivity index (χ0) is 18.9. The molecule has 3 aromatic rings. The summed E-state index contributed by atoms with van der Waals surface area (Å²) in [7, 11) is 0. The van der Waals surface area contributed by atoms with Crippen molar-refractivity contribution >= 4 is 0 Å². The minimum atomic E-state index is 0.324. The quantitative estimate of drug-likeness (QED) is 0.681. The van der Waals surface area contributed by atoms with Crippen molar-refractivity contribution < 1.29 is 13.9 Å². The van der Waals surface area contributed by atoms with Crippen LogP contribution in [0.3, 0.4) is 0 Å². The van der Waals surface area contributed by atoms with Gasteiger partial charge in [-0.2, -0.15) is 0 Å². The van der Waals surface area contributed by atoms with Gasteiger partial charge in [-0.1, -0.05) is 23.8 Å². The van der Waals surface area contributed by atoms with E-state index < -0.39 is 0 Å². The molecule has 1 unspecified atom stereocenters. The predicted molar refractivity (Wildman–Crippen MR) is 104 cm³/mol. The summed E-state index contributed by atoms with van der Waals surface area (Å²) >= 11 is 0. The highest BCUT2D eigenvalue weighted by Gasteiger charge is 2.28. The highest BCUT2D eigenvalue weighted by atomic mass is 16.6. The lowest BCUT2D eigenvalue weighted by atomic mass is 10.0. The van der Waals surface area contributed by atoms with Crippen LogP contribution in [0.25, 0.3) is 11.5 Å². The molecule has 2 aliphatic heterocycles. The number of aryl methyl sites for hydroxylation is 1. The van der Waals surface area contributed by atoms with Gasteiger partial charge in [0, 0.05) is 11.6 Å². The molecule has 1 fully saturated rings. The van der Waals surface area contributed by atoms with Crippen molar-refractivity contribution in [3.8, 4) is 23.0 Å². The first-order valence-corrected chi connectivity index (χ1v) is 9.79. The number of hydrogen-bond donors (Lipinski definition) is 0. The van der Waals surface area contributed by atoms with E-state index in [-0.39, 0.29) is 0 Å². The second-order valence-electron chi connectivity index (χ2n) is 7.40. The Bertz CT molecular complexity index is 985. The molecule has 0 bridgehead atoms. The van der Waals surface area contributed by atoms with Crippen molar-refractivity contribution in [2.75, 3.05) is 19.8 Å². The first kappa shape index (κ1) is 17.3. The van der Waals surface area contributed by atoms with Crippen LogP contribution in [-0.2, 0) is 6.54 Å². The lowest BCUT2D eigenvalue weighted by Gasteiger charge is -2.25. The molecule has 0 N–H and O–H groups in total. The van der Waals surface area contributed by atoms with E-state index >= 15 is 0 Å². The molecule has 6 nitrogen and oxygen atoms in total. The van der Waals surface area contributed by atoms with Gasteiger partial charge in [0.2, 0.25) is 11.8 Å². The molecular weight excluding hydrogens is 354 g/mol. The van der Waals surface area contributed by atoms with E-state index in [4.69, 9.17) is 13.9 Å². The van der Waals surface area contributed by atoms with Gasteiger partial charge in [0.25, 0.3) is 0 Å². The predicted octanol–water partition coefficient (Wildman–Crippen LogP) is 4.15. The topological polar surface area (TPSA) is 60.6 Å². The summed E-state index contributed by atoms with van der Waals surface area (Å²) in [4.78, 5) is 2.40. The maximum absolute atomic E-state index is 5.95. The molecule has 2 aliphatic rings. The standard InChI is InChI=1S/C22H23N3O3/c1-15-4-2-5-17(12-15)22-24-23-21(28-22)14-25-9-3-6-18(25)16-7-8-19-20(13-16)27-11-10-26-19/h2,4-5,7-8,12-13,18H,3,6,9-11,14H2,1H3. The third-order valence-electron chi connectivity index (χ3n) is 5.38. The van der Waals surface area contributed by atoms with Gasteiger partial charge >= 0.3 is 0 Å². The first-order valence-electron chi connectivity index (χ1n) is 9.79. The number of benzene rings is 2. The third kappa shape index (κ3) is 3.36. The lowest BCUT2D eigenvalue weighted by molar-refractivity contribution is 0.170. The average molecular weight is 377 g/mol. The molecule has 1 saturated heterocycles. The molecule has 0 spiro atoms. The molecule has 6 heteroatoms. The smallest absolute Gasteiger partial charge is 0.247 e. The van der Waals surface area contributed by atoms with Crippen LogP contribution in [0.5, 0.6) is 11.5 Å². The lowest BCUT2D eigenvalue weighted by Crippen LogP contribution is -2.23. The van der Waals surface area contributed by atoms with E-state index in [1.165, 1.54) is 11.1 Å². The highest BCUT2D eigenvalue weighted by molar-refractivity contribution is 5.53. The van der Waals surface area contributed by atoms with E-state index in [1.807, 2.05) is 18.2 Å². The number of aromatic nitrogens is 2. The number of likely N-dealkylation sites (tertiary alicyclic amines) is 1. The SMILES string of the molecule is Cc1cccc(-c2nnc(CN3CCCC3c3ccc4c(c3)OCCO4)o2)c1. The molecule has 0 radical (unpaired) electrons. The number of fused-ring (bicyclic) bond motifs is 1. The van der Waals surface area contributed by atoms with Crippen molar-refractivity contribution in [3.05, 3.63) is 59.5 Å². The van der Waals surface area contributed by atoms with Gasteiger partial charge in [0.1, 0.15) is 13.2 Å². The van der Waals surface area contributed by atoms with Crippen molar-refractivity contribution in [2.24, 2.45) is 0 Å². The van der Waals surface area contributed by atoms with Gasteiger partial charge in [0.15, 0.2) is 11.5 Å². The van der Waals surface area contributed by atoms with Crippen LogP contribution in [0.15, 0.2) is 46.9 Å². The minimum Gasteiger partial charge on any atom is -0.486 e. The van der Waals surface area contributed by atoms with E-state index in [0.717, 1.165) is 36.4 Å². The molecule has 1 aromatic heterocycles. The fraction of sp³-hybridized carbons (Fsp3) is 0.364. The summed E-state index contributed by atoms with van der Waals surface area (Å²) < 4.78 is 17.4. The van der Waals surface area contributed by atoms with Crippen LogP contribution in [0.1, 0.15) is 35.9 Å². The molecule has 0 aliphatic carbocycles. The molecule has 5 rings (SSSR count). The van der Waals surface area contributed by atoms with Gasteiger partial charge in [-0.05, 0) is 56.1 Å². The van der Waals surface area contributed by atoms with Crippen molar-refractivity contribution in [1.29, 1.82) is 0 Å². The summed E-state index contributed by atoms with van der Waals surface area (Å²) in [5.74, 6) is 2.91. The fourth-order valence-corrected chi connectivity index (χ4v) is 4.05. The van der Waals surface area contributed by atoms with Crippen molar-refractivity contribution in [1.82, 2.24) is 15.1 Å². The Kier molecular flexibility index (Phi) is 4.49. The maximum Gasteiger partial charge on any atom is 0.247 e. The Hall–Kier alpha value is -2.86. The van der Waals surface area contributed by atoms with E-state index in [9.17, 15) is 0 Å². The van der Waals surface area contributed by atoms with E-state index in [1.54, 1.807) is 0 Å². The monoisotopic (exact) mass is 377 g/mol. The molecule has 144 valence electrons. The van der Waals surface area contributed by atoms with E-state index in [2.05, 4.69) is 46.3 Å². The largest absolute Gasteiger partial charge is 0.486 e. The molecular formula is C22H23N3O3. The van der Waals surface area contributed by atoms with E-state index in [0.29, 0.717) is 37.6 Å². The van der Waals surface area contributed by atoms with Crippen molar-refractivity contribution in [3.63, 3.8) is 0 Å². The van der Waals surface area contributed by atoms with Gasteiger partial charge in [-0.25, -0.2) is 0 Å². The van der Waals surface area contributed by atoms with Crippen LogP contribution >= 0.6 is 0 Å². The third-order valence-corrected chi connectivity index (χ3v) is 5.38. The van der Waals surface area contributed by atoms with Crippen LogP contribution in [-0.4, -0.2) is 34.9 Å². The van der Waals surface area contributed by atoms with Gasteiger partial charge < -0.3 is 13.9 Å². The van der Waals surface area contributed by atoms with Gasteiger partial charge in [0.05, 0.1) is 6.54 Å². The Labute approximate surface area is 164 Å².